The lowest BCUT2D eigenvalue weighted by Crippen LogP contribution is -2.24. The molecule has 0 radical (unpaired) electrons. The van der Waals surface area contributed by atoms with E-state index < -0.39 is 0 Å². The molecule has 1 aromatic carbocycles. The van der Waals surface area contributed by atoms with Gasteiger partial charge in [-0.1, -0.05) is 23.9 Å². The van der Waals surface area contributed by atoms with Gasteiger partial charge in [-0.25, -0.2) is 4.98 Å². The fourth-order valence-electron chi connectivity index (χ4n) is 3.56. The average molecular weight is 412 g/mol. The van der Waals surface area contributed by atoms with Crippen LogP contribution in [0, 0.1) is 11.3 Å². The summed E-state index contributed by atoms with van der Waals surface area (Å²) in [5, 5.41) is 10.5. The highest BCUT2D eigenvalue weighted by molar-refractivity contribution is 7.98. The van der Waals surface area contributed by atoms with E-state index in [0.29, 0.717) is 24.5 Å². The molecule has 2 heterocycles. The molecule has 0 amide bonds. The molecule has 0 bridgehead atoms. The standard InChI is InChI=1S/C21H21N3O2S2/c1-26-11-3-10-24-20(25)18-16-4-2-5-17(16)28-19(18)23-21(24)27-13-15-8-6-14(12-22)7-9-15/h6-9H,2-5,10-11,13H2,1H3. The maximum absolute atomic E-state index is 13.3. The average Bonchev–Trinajstić information content (AvgIpc) is 3.29. The second-order valence-corrected chi connectivity index (χ2v) is 8.86. The van der Waals surface area contributed by atoms with Crippen molar-refractivity contribution in [2.45, 2.75) is 43.1 Å². The molecule has 0 unspecified atom stereocenters. The fraction of sp³-hybridized carbons (Fsp3) is 0.381. The van der Waals surface area contributed by atoms with Crippen molar-refractivity contribution >= 4 is 33.3 Å². The van der Waals surface area contributed by atoms with Crippen molar-refractivity contribution < 1.29 is 4.74 Å². The topological polar surface area (TPSA) is 67.9 Å². The van der Waals surface area contributed by atoms with E-state index in [9.17, 15) is 4.79 Å². The summed E-state index contributed by atoms with van der Waals surface area (Å²) in [6.45, 7) is 1.22. The Kier molecular flexibility index (Phi) is 5.81. The van der Waals surface area contributed by atoms with Gasteiger partial charge in [-0.3, -0.25) is 9.36 Å². The molecule has 5 nitrogen and oxygen atoms in total. The number of aromatic nitrogens is 2. The Hall–Kier alpha value is -2.14. The molecule has 0 atom stereocenters. The number of fused-ring (bicyclic) bond motifs is 3. The van der Waals surface area contributed by atoms with Crippen LogP contribution in [0.3, 0.4) is 0 Å². The minimum atomic E-state index is 0.0860. The lowest BCUT2D eigenvalue weighted by atomic mass is 10.2. The Morgan fingerprint density at radius 2 is 2.14 bits per heavy atom. The first-order chi connectivity index (χ1) is 13.7. The summed E-state index contributed by atoms with van der Waals surface area (Å²) < 4.78 is 6.99. The zero-order chi connectivity index (χ0) is 19.5. The first-order valence-electron chi connectivity index (χ1n) is 9.37. The number of thioether (sulfide) groups is 1. The zero-order valence-electron chi connectivity index (χ0n) is 15.7. The van der Waals surface area contributed by atoms with Crippen LogP contribution < -0.4 is 5.56 Å². The third-order valence-corrected chi connectivity index (χ3v) is 7.20. The Balaban J connectivity index is 1.67. The van der Waals surface area contributed by atoms with Crippen LogP contribution in [0.25, 0.3) is 10.2 Å². The molecule has 4 rings (SSSR count). The molecule has 3 aromatic rings. The number of methoxy groups -OCH3 is 1. The van der Waals surface area contributed by atoms with Gasteiger partial charge in [0.15, 0.2) is 5.16 Å². The van der Waals surface area contributed by atoms with Crippen LogP contribution in [-0.2, 0) is 29.9 Å². The number of aryl methyl sites for hydroxylation is 2. The van der Waals surface area contributed by atoms with Gasteiger partial charge < -0.3 is 4.74 Å². The van der Waals surface area contributed by atoms with Gasteiger partial charge in [-0.05, 0) is 48.9 Å². The van der Waals surface area contributed by atoms with Gasteiger partial charge >= 0.3 is 0 Å². The van der Waals surface area contributed by atoms with Crippen molar-refractivity contribution in [3.05, 3.63) is 56.2 Å². The number of nitrogens with zero attached hydrogens (tertiary/aromatic N) is 3. The number of rotatable bonds is 7. The molecule has 0 spiro atoms. The Bertz CT molecular complexity index is 1090. The number of nitriles is 1. The minimum absolute atomic E-state index is 0.0860. The first-order valence-corrected chi connectivity index (χ1v) is 11.2. The Labute approximate surface area is 172 Å². The van der Waals surface area contributed by atoms with Crippen molar-refractivity contribution in [2.24, 2.45) is 0 Å². The highest BCUT2D eigenvalue weighted by Crippen LogP contribution is 2.36. The lowest BCUT2D eigenvalue weighted by Gasteiger charge is -2.12. The SMILES string of the molecule is COCCCn1c(SCc2ccc(C#N)cc2)nc2sc3c(c2c1=O)CCC3. The van der Waals surface area contributed by atoms with E-state index in [0.717, 1.165) is 46.6 Å². The number of ether oxygens (including phenoxy) is 1. The number of hydrogen-bond donors (Lipinski definition) is 0. The molecule has 0 saturated heterocycles. The quantitative estimate of drug-likeness (QED) is 0.332. The van der Waals surface area contributed by atoms with Crippen LogP contribution in [0.15, 0.2) is 34.2 Å². The van der Waals surface area contributed by atoms with Crippen molar-refractivity contribution in [2.75, 3.05) is 13.7 Å². The fourth-order valence-corrected chi connectivity index (χ4v) is 5.84. The molecular formula is C21H21N3O2S2. The van der Waals surface area contributed by atoms with Crippen LogP contribution in [0.2, 0.25) is 0 Å². The van der Waals surface area contributed by atoms with Crippen LogP contribution in [0.5, 0.6) is 0 Å². The summed E-state index contributed by atoms with van der Waals surface area (Å²) >= 11 is 3.26. The molecule has 144 valence electrons. The molecule has 0 N–H and O–H groups in total. The van der Waals surface area contributed by atoms with E-state index in [1.165, 1.54) is 10.4 Å². The Morgan fingerprint density at radius 3 is 2.89 bits per heavy atom. The first kappa shape index (κ1) is 19.2. The molecule has 2 aromatic heterocycles. The summed E-state index contributed by atoms with van der Waals surface area (Å²) in [6, 6.07) is 9.69. The molecule has 0 fully saturated rings. The third kappa shape index (κ3) is 3.72. The monoisotopic (exact) mass is 411 g/mol. The maximum Gasteiger partial charge on any atom is 0.263 e. The molecule has 0 saturated carbocycles. The number of hydrogen-bond acceptors (Lipinski definition) is 6. The predicted octanol–water partition coefficient (Wildman–Crippen LogP) is 4.15. The summed E-state index contributed by atoms with van der Waals surface area (Å²) in [5.41, 5.74) is 3.07. The predicted molar refractivity (Wildman–Crippen MR) is 113 cm³/mol. The van der Waals surface area contributed by atoms with Crippen LogP contribution in [0.1, 0.15) is 34.4 Å². The van der Waals surface area contributed by atoms with E-state index in [-0.39, 0.29) is 5.56 Å². The van der Waals surface area contributed by atoms with Crippen molar-refractivity contribution in [3.63, 3.8) is 0 Å². The molecule has 7 heteroatoms. The van der Waals surface area contributed by atoms with Gasteiger partial charge in [0.05, 0.1) is 17.0 Å². The van der Waals surface area contributed by atoms with E-state index in [1.54, 1.807) is 30.2 Å². The summed E-state index contributed by atoms with van der Waals surface area (Å²) in [7, 11) is 1.68. The second-order valence-electron chi connectivity index (χ2n) is 6.83. The normalized spacial score (nSPS) is 13.0. The van der Waals surface area contributed by atoms with E-state index in [2.05, 4.69) is 6.07 Å². The highest BCUT2D eigenvalue weighted by atomic mass is 32.2. The smallest absolute Gasteiger partial charge is 0.263 e. The van der Waals surface area contributed by atoms with E-state index >= 15 is 0 Å². The number of thiophene rings is 1. The zero-order valence-corrected chi connectivity index (χ0v) is 17.4. The maximum atomic E-state index is 13.3. The van der Waals surface area contributed by atoms with Crippen LogP contribution >= 0.6 is 23.1 Å². The molecule has 1 aliphatic carbocycles. The Morgan fingerprint density at radius 1 is 1.32 bits per heavy atom. The molecular weight excluding hydrogens is 390 g/mol. The minimum Gasteiger partial charge on any atom is -0.385 e. The molecule has 0 aliphatic heterocycles. The van der Waals surface area contributed by atoms with Gasteiger partial charge in [0.2, 0.25) is 0 Å². The van der Waals surface area contributed by atoms with Gasteiger partial charge in [-0.15, -0.1) is 11.3 Å². The van der Waals surface area contributed by atoms with E-state index in [4.69, 9.17) is 15.0 Å². The highest BCUT2D eigenvalue weighted by Gasteiger charge is 2.23. The van der Waals surface area contributed by atoms with Gasteiger partial charge in [0, 0.05) is 30.9 Å². The van der Waals surface area contributed by atoms with Crippen molar-refractivity contribution in [3.8, 4) is 6.07 Å². The van der Waals surface area contributed by atoms with Gasteiger partial charge in [0.25, 0.3) is 5.56 Å². The van der Waals surface area contributed by atoms with Gasteiger partial charge in [-0.2, -0.15) is 5.26 Å². The van der Waals surface area contributed by atoms with Crippen LogP contribution in [0.4, 0.5) is 0 Å². The van der Waals surface area contributed by atoms with Gasteiger partial charge in [0.1, 0.15) is 4.83 Å². The van der Waals surface area contributed by atoms with E-state index in [1.807, 2.05) is 28.8 Å². The third-order valence-electron chi connectivity index (χ3n) is 4.97. The molecule has 28 heavy (non-hydrogen) atoms. The van der Waals surface area contributed by atoms with Crippen molar-refractivity contribution in [1.82, 2.24) is 9.55 Å². The second kappa shape index (κ2) is 8.48. The molecule has 1 aliphatic rings. The summed E-state index contributed by atoms with van der Waals surface area (Å²) in [4.78, 5) is 20.4. The van der Waals surface area contributed by atoms with Crippen LogP contribution in [-0.4, -0.2) is 23.3 Å². The van der Waals surface area contributed by atoms with Crippen molar-refractivity contribution in [1.29, 1.82) is 5.26 Å². The lowest BCUT2D eigenvalue weighted by molar-refractivity contribution is 0.189. The summed E-state index contributed by atoms with van der Waals surface area (Å²) in [5.74, 6) is 0.707. The number of benzene rings is 1. The summed E-state index contributed by atoms with van der Waals surface area (Å²) in [6.07, 6.45) is 3.96. The largest absolute Gasteiger partial charge is 0.385 e.